The molecule has 81 heavy (non-hydrogen) atoms. The molecule has 0 amide bonds. The van der Waals surface area contributed by atoms with Crippen molar-refractivity contribution in [3.8, 4) is 34.0 Å². The van der Waals surface area contributed by atoms with Crippen LogP contribution in [-0.2, 0) is 46.8 Å². The minimum absolute atomic E-state index is 0. The summed E-state index contributed by atoms with van der Waals surface area (Å²) in [4.78, 5) is 44.3. The topological polar surface area (TPSA) is 144 Å². The number of alkyl halides is 2. The predicted molar refractivity (Wildman–Crippen MR) is 326 cm³/mol. The maximum absolute atomic E-state index is 14.7. The van der Waals surface area contributed by atoms with Gasteiger partial charge < -0.3 is 47.0 Å². The van der Waals surface area contributed by atoms with Crippen LogP contribution < -0.4 is 9.47 Å². The Balaban J connectivity index is 0.000000358. The number of aromatic nitrogens is 4. The van der Waals surface area contributed by atoms with Gasteiger partial charge in [0.2, 0.25) is 11.8 Å². The third kappa shape index (κ3) is 17.7. The molecule has 1 aliphatic rings. The van der Waals surface area contributed by atoms with Crippen molar-refractivity contribution in [2.45, 2.75) is 73.9 Å². The molecule has 19 heteroatoms. The van der Waals surface area contributed by atoms with Crippen LogP contribution in [0.5, 0.6) is 11.8 Å². The zero-order valence-electron chi connectivity index (χ0n) is 46.9. The van der Waals surface area contributed by atoms with Gasteiger partial charge in [0.05, 0.1) is 43.0 Å². The van der Waals surface area contributed by atoms with Crippen LogP contribution in [0.1, 0.15) is 104 Å². The smallest absolute Gasteiger partial charge is 0.481 e. The monoisotopic (exact) mass is 1390 g/mol. The standard InChI is InChI=1S/C28H26F2N2O3.C27H24F2N2O3.C2H4O2.2C2H5.CH2I2.Zn/c1-4-35-28(33)26-25(20-6-5-11-31-27(20)34-3)22-14-17(21-12-16(21)2)7-10-24(22)32(26)15-18-13-19(29)8-9-23(18)30;1-4-7-17-9-12-23-21(14-17)24(20-8-6-13-30-26(20)33-3)25(27(32)34-5-2)31(23)16-18-15-19(28)10-11-22(18)29;1-2(3)4;2*1-2;2-1-3;/h5-11,13-14,16,21H,4,12,15H2,1-3H3;4,6-15H,5,16H2,1-3H3;1H3,(H,3,4);2*1H2,2H3;1H2;/q;;;2*-1;;+2/b;7-4-;;;;;. The van der Waals surface area contributed by atoms with Crippen molar-refractivity contribution >= 4 is 91.0 Å². The quantitative estimate of drug-likeness (QED) is 0.0279. The van der Waals surface area contributed by atoms with Gasteiger partial charge in [-0.05, 0) is 135 Å². The second-order valence-electron chi connectivity index (χ2n) is 17.1. The van der Waals surface area contributed by atoms with E-state index in [0.717, 1.165) is 71.6 Å². The summed E-state index contributed by atoms with van der Waals surface area (Å²) >= 11 is 4.55. The second kappa shape index (κ2) is 34.3. The van der Waals surface area contributed by atoms with Crippen LogP contribution in [-0.4, -0.2) is 72.0 Å². The van der Waals surface area contributed by atoms with E-state index in [1.54, 1.807) is 67.4 Å². The van der Waals surface area contributed by atoms with Gasteiger partial charge in [0, 0.05) is 74.5 Å². The largest absolute Gasteiger partial charge is 2.00 e. The number of carbonyl (C=O) groups excluding carboxylic acids is 2. The fourth-order valence-corrected chi connectivity index (χ4v) is 8.91. The summed E-state index contributed by atoms with van der Waals surface area (Å²) in [6.07, 6.45) is 8.18. The summed E-state index contributed by atoms with van der Waals surface area (Å²) < 4.78 is 83.7. The van der Waals surface area contributed by atoms with E-state index in [9.17, 15) is 27.2 Å². The van der Waals surface area contributed by atoms with Crippen molar-refractivity contribution in [3.63, 3.8) is 0 Å². The number of carboxylic acids is 1. The van der Waals surface area contributed by atoms with Crippen LogP contribution in [0.25, 0.3) is 50.1 Å². The molecule has 0 aliphatic heterocycles. The number of esters is 2. The summed E-state index contributed by atoms with van der Waals surface area (Å²) in [5, 5.41) is 8.97. The van der Waals surface area contributed by atoms with E-state index in [-0.39, 0.29) is 68.3 Å². The van der Waals surface area contributed by atoms with E-state index in [2.05, 4.69) is 82.0 Å². The molecule has 12 nitrogen and oxygen atoms in total. The Labute approximate surface area is 511 Å². The van der Waals surface area contributed by atoms with E-state index in [4.69, 9.17) is 28.8 Å². The number of benzene rings is 4. The van der Waals surface area contributed by atoms with Gasteiger partial charge in [0.1, 0.15) is 34.7 Å². The Morgan fingerprint density at radius 1 is 0.691 bits per heavy atom. The normalized spacial score (nSPS) is 12.8. The Morgan fingerprint density at radius 3 is 1.48 bits per heavy atom. The van der Waals surface area contributed by atoms with Gasteiger partial charge in [0.15, 0.2) is 0 Å². The molecule has 1 aliphatic carbocycles. The molecule has 8 aromatic rings. The number of allylic oxidation sites excluding steroid dienone is 1. The van der Waals surface area contributed by atoms with Gasteiger partial charge in [-0.3, -0.25) is 4.79 Å². The molecule has 4 heterocycles. The number of hydrogen-bond acceptors (Lipinski definition) is 9. The SMILES string of the molecule is C/C=C\c1ccc2c(c1)c(-c1cccnc1OC)c(C(=O)OCC)n2Cc1cc(F)ccc1F.CC(=O)O.CCOC(=O)c1c(-c2cccnc2OC)c2cc(C3CC3C)ccc2n1Cc1cc(F)ccc1F.ICI.[CH2-]C.[CH2-]C.[Zn+2]. The first-order chi connectivity index (χ1) is 38.5. The summed E-state index contributed by atoms with van der Waals surface area (Å²) in [7, 11) is 3.02. The first-order valence-electron chi connectivity index (χ1n) is 25.4. The molecule has 426 valence electrons. The first-order valence-corrected chi connectivity index (χ1v) is 28.5. The molecule has 1 fully saturated rings. The number of hydrogen-bond donors (Lipinski definition) is 1. The van der Waals surface area contributed by atoms with Crippen molar-refractivity contribution < 1.29 is 75.5 Å². The Hall–Kier alpha value is -6.19. The van der Waals surface area contributed by atoms with Crippen LogP contribution in [0, 0.1) is 43.0 Å². The van der Waals surface area contributed by atoms with Gasteiger partial charge >= 0.3 is 31.4 Å². The number of halogens is 6. The molecule has 0 radical (unpaired) electrons. The fraction of sp³-hybridized carbons (Fsp3) is 0.274. The average molecular weight is 1390 g/mol. The van der Waals surface area contributed by atoms with Crippen LogP contribution >= 0.6 is 45.2 Å². The third-order valence-corrected chi connectivity index (χ3v) is 12.1. The van der Waals surface area contributed by atoms with E-state index in [1.807, 2.05) is 55.5 Å². The number of carbonyl (C=O) groups is 3. The van der Waals surface area contributed by atoms with Gasteiger partial charge in [0.25, 0.3) is 5.97 Å². The summed E-state index contributed by atoms with van der Waals surface area (Å²) in [6.45, 7) is 18.9. The molecule has 0 spiro atoms. The summed E-state index contributed by atoms with van der Waals surface area (Å²) in [6, 6.07) is 25.6. The van der Waals surface area contributed by atoms with Gasteiger partial charge in [-0.1, -0.05) is 76.4 Å². The van der Waals surface area contributed by atoms with E-state index in [1.165, 1.54) is 22.2 Å². The Bertz CT molecular complexity index is 3400. The maximum Gasteiger partial charge on any atom is 2.00 e. The van der Waals surface area contributed by atoms with E-state index in [0.29, 0.717) is 51.4 Å². The second-order valence-corrected chi connectivity index (χ2v) is 21.6. The first kappa shape index (κ1) is 69.1. The maximum atomic E-state index is 14.7. The number of carboxylic acid groups (broad SMARTS) is 1. The molecule has 2 unspecified atom stereocenters. The Morgan fingerprint density at radius 2 is 1.10 bits per heavy atom. The van der Waals surface area contributed by atoms with Crippen molar-refractivity contribution in [1.29, 1.82) is 0 Å². The van der Waals surface area contributed by atoms with Crippen LogP contribution in [0.15, 0.2) is 116 Å². The van der Waals surface area contributed by atoms with E-state index < -0.39 is 41.2 Å². The number of pyridine rings is 2. The van der Waals surface area contributed by atoms with Gasteiger partial charge in [-0.2, -0.15) is 13.8 Å². The van der Waals surface area contributed by atoms with Crippen molar-refractivity contribution in [1.82, 2.24) is 19.1 Å². The van der Waals surface area contributed by atoms with E-state index >= 15 is 0 Å². The molecule has 4 aromatic carbocycles. The molecule has 4 aromatic heterocycles. The fourth-order valence-electron chi connectivity index (χ4n) is 8.91. The molecule has 1 saturated carbocycles. The molecule has 9 rings (SSSR count). The Kier molecular flexibility index (Phi) is 29.3. The zero-order valence-corrected chi connectivity index (χ0v) is 54.2. The zero-order chi connectivity index (χ0) is 59.2. The van der Waals surface area contributed by atoms with Gasteiger partial charge in [-0.15, -0.1) is 0 Å². The van der Waals surface area contributed by atoms with Crippen molar-refractivity contribution in [2.24, 2.45) is 5.92 Å². The predicted octanol–water partition coefficient (Wildman–Crippen LogP) is 16.2. The van der Waals surface area contributed by atoms with Crippen molar-refractivity contribution in [2.75, 3.05) is 29.9 Å². The minimum atomic E-state index is -0.833. The molecule has 0 bridgehead atoms. The number of fused-ring (bicyclic) bond motifs is 2. The molecule has 2 atom stereocenters. The molecular formula is C62H66F4I2N4O8Zn. The summed E-state index contributed by atoms with van der Waals surface area (Å²) in [5.74, 6) is -2.44. The molecule has 0 saturated heterocycles. The van der Waals surface area contributed by atoms with Crippen LogP contribution in [0.4, 0.5) is 17.6 Å². The van der Waals surface area contributed by atoms with Crippen LogP contribution in [0.3, 0.4) is 0 Å². The number of nitrogens with zero attached hydrogens (tertiary/aromatic N) is 4. The minimum Gasteiger partial charge on any atom is -0.481 e. The van der Waals surface area contributed by atoms with Gasteiger partial charge in [-0.25, -0.2) is 37.1 Å². The third-order valence-electron chi connectivity index (χ3n) is 12.1. The molecular weight excluding hydrogens is 1320 g/mol. The summed E-state index contributed by atoms with van der Waals surface area (Å²) in [5.41, 5.74) is 6.58. The molecule has 1 N–H and O–H groups in total. The number of ether oxygens (including phenoxy) is 4. The average Bonchev–Trinajstić information content (AvgIpc) is 4.24. The number of aliphatic carboxylic acids is 1. The van der Waals surface area contributed by atoms with Crippen LogP contribution in [0.2, 0.25) is 0 Å². The van der Waals surface area contributed by atoms with Crippen molar-refractivity contribution in [3.05, 3.63) is 186 Å². The number of rotatable bonds is 14. The number of methoxy groups -OCH3 is 2.